The van der Waals surface area contributed by atoms with Gasteiger partial charge in [0.15, 0.2) is 0 Å². The molecule has 2 N–H and O–H groups in total. The van der Waals surface area contributed by atoms with E-state index in [0.717, 1.165) is 6.42 Å². The van der Waals surface area contributed by atoms with E-state index in [4.69, 9.17) is 17.3 Å². The van der Waals surface area contributed by atoms with Gasteiger partial charge in [-0.1, -0.05) is 18.5 Å². The highest BCUT2D eigenvalue weighted by Crippen LogP contribution is 2.30. The Bertz CT molecular complexity index is 330. The predicted molar refractivity (Wildman–Crippen MR) is 61.2 cm³/mol. The van der Waals surface area contributed by atoms with Gasteiger partial charge in [-0.25, -0.2) is 4.39 Å². The number of hydrogen-bond donors (Lipinski definition) is 1. The summed E-state index contributed by atoms with van der Waals surface area (Å²) in [5, 5.41) is 0.533. The van der Waals surface area contributed by atoms with E-state index in [9.17, 15) is 4.39 Å². The first-order chi connectivity index (χ1) is 6.56. The Morgan fingerprint density at radius 3 is 2.79 bits per heavy atom. The molecular formula is C10H12BrClFN. The molecule has 0 heterocycles. The van der Waals surface area contributed by atoms with Gasteiger partial charge in [0.1, 0.15) is 5.82 Å². The summed E-state index contributed by atoms with van der Waals surface area (Å²) in [5.41, 5.74) is 6.05. The molecule has 1 aromatic carbocycles. The average Bonchev–Trinajstić information content (AvgIpc) is 2.11. The maximum atomic E-state index is 13.5. The van der Waals surface area contributed by atoms with Gasteiger partial charge < -0.3 is 5.73 Å². The van der Waals surface area contributed by atoms with Crippen molar-refractivity contribution in [1.82, 2.24) is 0 Å². The summed E-state index contributed by atoms with van der Waals surface area (Å²) in [4.78, 5) is 0. The first-order valence-corrected chi connectivity index (χ1v) is 5.58. The van der Waals surface area contributed by atoms with Crippen molar-refractivity contribution in [3.05, 3.63) is 33.0 Å². The Morgan fingerprint density at radius 1 is 1.57 bits per heavy atom. The lowest BCUT2D eigenvalue weighted by Crippen LogP contribution is -2.06. The third kappa shape index (κ3) is 2.69. The molecule has 1 nitrogen and oxygen atoms in total. The smallest absolute Gasteiger partial charge is 0.127 e. The highest BCUT2D eigenvalue weighted by molar-refractivity contribution is 9.10. The van der Waals surface area contributed by atoms with E-state index in [1.165, 1.54) is 6.07 Å². The summed E-state index contributed by atoms with van der Waals surface area (Å²) in [6.07, 6.45) is 0.759. The maximum absolute atomic E-state index is 13.5. The molecule has 4 heteroatoms. The van der Waals surface area contributed by atoms with Crippen LogP contribution in [0.3, 0.4) is 0 Å². The highest BCUT2D eigenvalue weighted by Gasteiger charge is 2.12. The van der Waals surface area contributed by atoms with Crippen LogP contribution < -0.4 is 5.73 Å². The van der Waals surface area contributed by atoms with Gasteiger partial charge in [-0.2, -0.15) is 0 Å². The monoisotopic (exact) mass is 279 g/mol. The Morgan fingerprint density at radius 2 is 2.21 bits per heavy atom. The van der Waals surface area contributed by atoms with Crippen LogP contribution >= 0.6 is 27.5 Å². The molecular weight excluding hydrogens is 268 g/mol. The highest BCUT2D eigenvalue weighted by atomic mass is 79.9. The van der Waals surface area contributed by atoms with E-state index in [2.05, 4.69) is 15.9 Å². The molecule has 1 aromatic rings. The fraction of sp³-hybridized carbons (Fsp3) is 0.400. The maximum Gasteiger partial charge on any atom is 0.127 e. The summed E-state index contributed by atoms with van der Waals surface area (Å²) in [7, 11) is 0. The summed E-state index contributed by atoms with van der Waals surface area (Å²) >= 11 is 9.06. The SMILES string of the molecule is CC(CCN)c1cc(Cl)c(Br)cc1F. The van der Waals surface area contributed by atoms with Crippen molar-refractivity contribution in [2.45, 2.75) is 19.3 Å². The van der Waals surface area contributed by atoms with Crippen molar-refractivity contribution >= 4 is 27.5 Å². The van der Waals surface area contributed by atoms with Gasteiger partial charge in [-0.3, -0.25) is 0 Å². The largest absolute Gasteiger partial charge is 0.330 e. The number of halogens is 3. The Balaban J connectivity index is 3.02. The molecule has 0 spiro atoms. The van der Waals surface area contributed by atoms with E-state index in [1.54, 1.807) is 6.07 Å². The van der Waals surface area contributed by atoms with Crippen LogP contribution in [-0.4, -0.2) is 6.54 Å². The molecule has 0 aliphatic rings. The van der Waals surface area contributed by atoms with Gasteiger partial charge in [-0.15, -0.1) is 0 Å². The van der Waals surface area contributed by atoms with E-state index in [1.807, 2.05) is 6.92 Å². The molecule has 1 atom stereocenters. The van der Waals surface area contributed by atoms with Crippen LogP contribution in [0.2, 0.25) is 5.02 Å². The van der Waals surface area contributed by atoms with Crippen molar-refractivity contribution in [2.75, 3.05) is 6.54 Å². The van der Waals surface area contributed by atoms with Crippen LogP contribution in [0.15, 0.2) is 16.6 Å². The first kappa shape index (κ1) is 12.0. The van der Waals surface area contributed by atoms with Crippen molar-refractivity contribution in [3.63, 3.8) is 0 Å². The van der Waals surface area contributed by atoms with Gasteiger partial charge in [-0.05, 0) is 52.5 Å². The number of benzene rings is 1. The van der Waals surface area contributed by atoms with Crippen molar-refractivity contribution in [2.24, 2.45) is 5.73 Å². The number of nitrogens with two attached hydrogens (primary N) is 1. The van der Waals surface area contributed by atoms with Crippen molar-refractivity contribution in [1.29, 1.82) is 0 Å². The van der Waals surface area contributed by atoms with Gasteiger partial charge in [0, 0.05) is 4.47 Å². The van der Waals surface area contributed by atoms with Crippen molar-refractivity contribution in [3.8, 4) is 0 Å². The normalized spacial score (nSPS) is 12.9. The van der Waals surface area contributed by atoms with Crippen LogP contribution in [0, 0.1) is 5.82 Å². The molecule has 0 fully saturated rings. The lowest BCUT2D eigenvalue weighted by atomic mass is 9.97. The van der Waals surface area contributed by atoms with Crippen LogP contribution in [0.5, 0.6) is 0 Å². The van der Waals surface area contributed by atoms with Crippen LogP contribution in [0.25, 0.3) is 0 Å². The van der Waals surface area contributed by atoms with E-state index in [0.29, 0.717) is 21.6 Å². The lowest BCUT2D eigenvalue weighted by Gasteiger charge is -2.12. The van der Waals surface area contributed by atoms with Gasteiger partial charge in [0.2, 0.25) is 0 Å². The quantitative estimate of drug-likeness (QED) is 0.840. The molecule has 0 bridgehead atoms. The minimum Gasteiger partial charge on any atom is -0.330 e. The number of rotatable bonds is 3. The predicted octanol–water partition coefficient (Wildman–Crippen LogP) is 3.69. The minimum atomic E-state index is -0.234. The molecule has 1 unspecified atom stereocenters. The average molecular weight is 281 g/mol. The molecule has 0 aliphatic heterocycles. The Kier molecular flexibility index (Phi) is 4.35. The zero-order chi connectivity index (χ0) is 10.7. The third-order valence-electron chi connectivity index (χ3n) is 2.17. The zero-order valence-electron chi connectivity index (χ0n) is 7.86. The second-order valence-electron chi connectivity index (χ2n) is 3.27. The first-order valence-electron chi connectivity index (χ1n) is 4.40. The summed E-state index contributed by atoms with van der Waals surface area (Å²) in [6.45, 7) is 2.49. The van der Waals surface area contributed by atoms with Crippen LogP contribution in [-0.2, 0) is 0 Å². The van der Waals surface area contributed by atoms with Crippen molar-refractivity contribution < 1.29 is 4.39 Å². The third-order valence-corrected chi connectivity index (χ3v) is 3.37. The Labute approximate surface area is 96.6 Å². The minimum absolute atomic E-state index is 0.102. The molecule has 0 amide bonds. The van der Waals surface area contributed by atoms with Crippen LogP contribution in [0.4, 0.5) is 4.39 Å². The van der Waals surface area contributed by atoms with Gasteiger partial charge >= 0.3 is 0 Å². The number of hydrogen-bond acceptors (Lipinski definition) is 1. The second-order valence-corrected chi connectivity index (χ2v) is 4.53. The summed E-state index contributed by atoms with van der Waals surface area (Å²) < 4.78 is 14.1. The van der Waals surface area contributed by atoms with Gasteiger partial charge in [0.05, 0.1) is 5.02 Å². The van der Waals surface area contributed by atoms with E-state index < -0.39 is 0 Å². The van der Waals surface area contributed by atoms with E-state index in [-0.39, 0.29) is 11.7 Å². The molecule has 0 radical (unpaired) electrons. The second kappa shape index (κ2) is 5.10. The van der Waals surface area contributed by atoms with Gasteiger partial charge in [0.25, 0.3) is 0 Å². The topological polar surface area (TPSA) is 26.0 Å². The molecule has 0 aromatic heterocycles. The summed E-state index contributed by atoms with van der Waals surface area (Å²) in [6, 6.07) is 3.05. The fourth-order valence-electron chi connectivity index (χ4n) is 1.32. The molecule has 0 saturated carbocycles. The fourth-order valence-corrected chi connectivity index (χ4v) is 1.81. The molecule has 0 aliphatic carbocycles. The van der Waals surface area contributed by atoms with Crippen LogP contribution in [0.1, 0.15) is 24.8 Å². The Hall–Kier alpha value is -0.120. The lowest BCUT2D eigenvalue weighted by molar-refractivity contribution is 0.576. The standard InChI is InChI=1S/C10H12BrClFN/c1-6(2-3-14)7-4-9(12)8(11)5-10(7)13/h4-6H,2-3,14H2,1H3. The molecule has 78 valence electrons. The molecule has 0 saturated heterocycles. The molecule has 1 rings (SSSR count). The molecule has 14 heavy (non-hydrogen) atoms. The summed E-state index contributed by atoms with van der Waals surface area (Å²) in [5.74, 6) is -0.132. The van der Waals surface area contributed by atoms with E-state index >= 15 is 0 Å². The zero-order valence-corrected chi connectivity index (χ0v) is 10.2.